The van der Waals surface area contributed by atoms with E-state index in [1.54, 1.807) is 0 Å². The summed E-state index contributed by atoms with van der Waals surface area (Å²) in [6.45, 7) is 0. The normalized spacial score (nSPS) is 11.5. The van der Waals surface area contributed by atoms with E-state index in [1.165, 1.54) is 23.5 Å². The van der Waals surface area contributed by atoms with Gasteiger partial charge in [-0.1, -0.05) is 315 Å². The van der Waals surface area contributed by atoms with Crippen molar-refractivity contribution in [3.8, 4) is 146 Å². The highest BCUT2D eigenvalue weighted by molar-refractivity contribution is 7.00. The van der Waals surface area contributed by atoms with Crippen LogP contribution < -0.4 is 0 Å². The summed E-state index contributed by atoms with van der Waals surface area (Å²) in [5.74, 6) is 3.64. The Bertz CT molecular complexity index is 7760. The molecule has 7 aromatic heterocycles. The molecule has 0 bridgehead atoms. The minimum atomic E-state index is 0.599. The van der Waals surface area contributed by atoms with Crippen LogP contribution >= 0.6 is 23.5 Å². The molecule has 23 aromatic rings. The van der Waals surface area contributed by atoms with Gasteiger partial charge in [0.2, 0.25) is 0 Å². The average Bonchev–Trinajstić information content (AvgIpc) is 0.993. The number of aromatic nitrogens is 12. The second-order valence-corrected chi connectivity index (χ2v) is 30.3. The quantitative estimate of drug-likeness (QED) is 0.100. The van der Waals surface area contributed by atoms with Crippen LogP contribution in [0.15, 0.2) is 381 Å². The van der Waals surface area contributed by atoms with Gasteiger partial charge in [-0.25, -0.2) is 39.9 Å². The first-order valence-electron chi connectivity index (χ1n) is 39.1. The molecule has 23 rings (SSSR count). The van der Waals surface area contributed by atoms with Crippen LogP contribution in [0.3, 0.4) is 0 Å². The standard InChI is InChI=1S/C52H30N6OS.C52H32N6S/c1-3-10-33(11-4-1)47-42-28-29-43-48(58-60-57-43)46(42)41-27-26-37(30-44(41)53-47)31-18-22-35(23-19-31)51-54-50(34-12-5-2-6-13-34)55-52(56-51)36-24-20-32(21-25-36)38-15-9-16-40-39-14-7-8-17-45(39)59-49(38)40;1-5-13-33(14-6-1)40-29-41(34-15-7-2-8-16-34)31-42(30-40)52-55-50(37-19-11-4-12-20-37)54-51(56-52)38-23-21-35(22-24-38)39-25-26-43-46(32-39)53-48(36-17-9-3-10-18-36)44-27-28-45-49(47(43)44)58-59-57-45/h1-30H;1-32H. The van der Waals surface area contributed by atoms with Gasteiger partial charge in [0.15, 0.2) is 34.9 Å². The van der Waals surface area contributed by atoms with Gasteiger partial charge in [0.25, 0.3) is 0 Å². The number of hydrogen-bond acceptors (Lipinski definition) is 15. The molecule has 0 aliphatic heterocycles. The van der Waals surface area contributed by atoms with E-state index >= 15 is 0 Å². The van der Waals surface area contributed by atoms with E-state index in [0.717, 1.165) is 199 Å². The zero-order chi connectivity index (χ0) is 78.7. The molecule has 0 N–H and O–H groups in total. The van der Waals surface area contributed by atoms with Crippen LogP contribution in [-0.4, -0.2) is 57.4 Å². The summed E-state index contributed by atoms with van der Waals surface area (Å²) in [5.41, 5.74) is 27.4. The molecule has 0 spiro atoms. The third-order valence-electron chi connectivity index (χ3n) is 22.0. The number of hydrogen-bond donors (Lipinski definition) is 0. The highest BCUT2D eigenvalue weighted by Crippen LogP contribution is 2.43. The van der Waals surface area contributed by atoms with E-state index in [4.69, 9.17) is 53.0 Å². The van der Waals surface area contributed by atoms with Gasteiger partial charge in [0, 0.05) is 93.2 Å². The van der Waals surface area contributed by atoms with Crippen molar-refractivity contribution in [3.05, 3.63) is 376 Å². The minimum absolute atomic E-state index is 0.599. The molecule has 0 atom stereocenters. The molecular formula is C104H62N12OS2. The van der Waals surface area contributed by atoms with E-state index in [-0.39, 0.29) is 0 Å². The molecule has 556 valence electrons. The fraction of sp³-hybridized carbons (Fsp3) is 0. The van der Waals surface area contributed by atoms with Crippen molar-refractivity contribution in [2.24, 2.45) is 0 Å². The summed E-state index contributed by atoms with van der Waals surface area (Å²) in [4.78, 5) is 40.9. The molecule has 16 aromatic carbocycles. The Morgan fingerprint density at radius 3 is 0.933 bits per heavy atom. The number of pyridine rings is 2. The summed E-state index contributed by atoms with van der Waals surface area (Å²) in [6.07, 6.45) is 0. The van der Waals surface area contributed by atoms with Gasteiger partial charge < -0.3 is 4.42 Å². The Kier molecular flexibility index (Phi) is 17.6. The fourth-order valence-electron chi connectivity index (χ4n) is 16.1. The number of furan rings is 1. The van der Waals surface area contributed by atoms with Gasteiger partial charge in [-0.3, -0.25) is 0 Å². The Morgan fingerprint density at radius 2 is 0.504 bits per heavy atom. The third-order valence-corrected chi connectivity index (χ3v) is 23.1. The van der Waals surface area contributed by atoms with E-state index in [0.29, 0.717) is 34.9 Å². The molecule has 0 saturated heterocycles. The van der Waals surface area contributed by atoms with Crippen LogP contribution in [0.1, 0.15) is 0 Å². The Morgan fingerprint density at radius 1 is 0.185 bits per heavy atom. The van der Waals surface area contributed by atoms with Gasteiger partial charge >= 0.3 is 0 Å². The van der Waals surface area contributed by atoms with E-state index in [2.05, 4.69) is 257 Å². The number of fused-ring (bicyclic) bond motifs is 13. The lowest BCUT2D eigenvalue weighted by molar-refractivity contribution is 0.670. The molecule has 0 aliphatic carbocycles. The summed E-state index contributed by atoms with van der Waals surface area (Å²) in [5, 5.41) is 8.60. The highest BCUT2D eigenvalue weighted by Gasteiger charge is 2.22. The first-order chi connectivity index (χ1) is 58.9. The largest absolute Gasteiger partial charge is 0.455 e. The monoisotopic (exact) mass is 1560 g/mol. The minimum Gasteiger partial charge on any atom is -0.455 e. The maximum Gasteiger partial charge on any atom is 0.164 e. The summed E-state index contributed by atoms with van der Waals surface area (Å²) >= 11 is 2.48. The third kappa shape index (κ3) is 13.2. The number of rotatable bonds is 13. The first-order valence-corrected chi connectivity index (χ1v) is 40.6. The lowest BCUT2D eigenvalue weighted by atomic mass is 9.95. The summed E-state index contributed by atoms with van der Waals surface area (Å²) in [6, 6.07) is 129. The zero-order valence-corrected chi connectivity index (χ0v) is 65.0. The van der Waals surface area contributed by atoms with Crippen molar-refractivity contribution in [3.63, 3.8) is 0 Å². The molecule has 0 fully saturated rings. The predicted octanol–water partition coefficient (Wildman–Crippen LogP) is 26.7. The fourth-order valence-corrected chi connectivity index (χ4v) is 17.2. The number of nitrogens with zero attached hydrogens (tertiary/aromatic N) is 12. The molecular weight excluding hydrogens is 1500 g/mol. The van der Waals surface area contributed by atoms with Crippen LogP contribution in [0, 0.1) is 0 Å². The van der Waals surface area contributed by atoms with Crippen molar-refractivity contribution in [2.45, 2.75) is 0 Å². The first kappa shape index (κ1) is 70.0. The van der Waals surface area contributed by atoms with Crippen LogP contribution in [0.25, 0.3) is 234 Å². The van der Waals surface area contributed by atoms with Crippen molar-refractivity contribution in [1.82, 2.24) is 57.4 Å². The maximum atomic E-state index is 6.35. The average molecular weight is 1560 g/mol. The van der Waals surface area contributed by atoms with Gasteiger partial charge in [-0.05, 0) is 111 Å². The molecule has 0 amide bonds. The second kappa shape index (κ2) is 29.9. The molecule has 0 radical (unpaired) electrons. The van der Waals surface area contributed by atoms with Crippen LogP contribution in [0.5, 0.6) is 0 Å². The van der Waals surface area contributed by atoms with Crippen LogP contribution in [0.4, 0.5) is 0 Å². The molecule has 15 heteroatoms. The summed E-state index contributed by atoms with van der Waals surface area (Å²) < 4.78 is 24.9. The number of benzene rings is 16. The lowest BCUT2D eigenvalue weighted by Crippen LogP contribution is -2.00. The molecule has 7 heterocycles. The maximum absolute atomic E-state index is 6.35. The van der Waals surface area contributed by atoms with E-state index in [9.17, 15) is 0 Å². The van der Waals surface area contributed by atoms with Gasteiger partial charge in [0.05, 0.1) is 45.9 Å². The van der Waals surface area contributed by atoms with Crippen molar-refractivity contribution in [1.29, 1.82) is 0 Å². The Balaban J connectivity index is 0.000000143. The molecule has 0 saturated carbocycles. The predicted molar refractivity (Wildman–Crippen MR) is 485 cm³/mol. The van der Waals surface area contributed by atoms with Crippen LogP contribution in [0.2, 0.25) is 0 Å². The van der Waals surface area contributed by atoms with Crippen molar-refractivity contribution < 1.29 is 4.42 Å². The smallest absolute Gasteiger partial charge is 0.164 e. The molecule has 0 aliphatic rings. The van der Waals surface area contributed by atoms with Gasteiger partial charge in [-0.15, -0.1) is 0 Å². The lowest BCUT2D eigenvalue weighted by Gasteiger charge is -2.13. The number of para-hydroxylation sites is 2. The van der Waals surface area contributed by atoms with Crippen LogP contribution in [-0.2, 0) is 0 Å². The molecule has 119 heavy (non-hydrogen) atoms. The SMILES string of the molecule is c1ccc(-c2cc(-c3ccccc3)cc(-c3nc(-c4ccccc4)nc(-c4ccc(-c5ccc6c(c5)nc(-c5ccccc5)c5ccc7nsnc7c56)cc4)n3)c2)cc1.c1ccc(-c2nc(-c3ccc(-c4ccc5c(c4)nc(-c4ccccc4)c4ccc6nsnc6c45)cc3)nc(-c3ccc(-c4cccc5c4oc4ccccc45)cc3)n2)cc1. The van der Waals surface area contributed by atoms with Crippen molar-refractivity contribution >= 4 is 111 Å². The zero-order valence-electron chi connectivity index (χ0n) is 63.4. The highest BCUT2D eigenvalue weighted by atomic mass is 32.1. The second-order valence-electron chi connectivity index (χ2n) is 29.2. The van der Waals surface area contributed by atoms with E-state index < -0.39 is 0 Å². The van der Waals surface area contributed by atoms with Gasteiger partial charge in [-0.2, -0.15) is 17.5 Å². The van der Waals surface area contributed by atoms with Crippen molar-refractivity contribution in [2.75, 3.05) is 0 Å². The topological polar surface area (TPSA) is 168 Å². The Hall–Kier alpha value is -15.7. The van der Waals surface area contributed by atoms with E-state index in [1.807, 2.05) is 127 Å². The Labute approximate surface area is 690 Å². The van der Waals surface area contributed by atoms with Gasteiger partial charge in [0.1, 0.15) is 33.2 Å². The molecule has 13 nitrogen and oxygen atoms in total. The summed E-state index contributed by atoms with van der Waals surface area (Å²) in [7, 11) is 0. The molecule has 0 unspecified atom stereocenters.